The maximum atomic E-state index is 14.1. The number of nitrogens with one attached hydrogen (secondary N) is 2. The van der Waals surface area contributed by atoms with E-state index in [4.69, 9.17) is 14.2 Å². The van der Waals surface area contributed by atoms with E-state index in [1.54, 1.807) is 36.4 Å². The summed E-state index contributed by atoms with van der Waals surface area (Å²) in [4.78, 5) is 8.22. The van der Waals surface area contributed by atoms with Crippen molar-refractivity contribution in [2.75, 3.05) is 30.5 Å². The molecule has 4 rings (SSSR count). The molecule has 0 radical (unpaired) electrons. The van der Waals surface area contributed by atoms with Crippen molar-refractivity contribution in [3.8, 4) is 17.2 Å². The predicted octanol–water partition coefficient (Wildman–Crippen LogP) is 4.27. The van der Waals surface area contributed by atoms with Gasteiger partial charge in [-0.05, 0) is 43.3 Å². The number of ether oxygens (including phenoxy) is 3. The maximum absolute atomic E-state index is 14.1. The summed E-state index contributed by atoms with van der Waals surface area (Å²) in [6.45, 7) is 3.53. The van der Waals surface area contributed by atoms with Gasteiger partial charge < -0.3 is 24.8 Å². The van der Waals surface area contributed by atoms with Gasteiger partial charge >= 0.3 is 0 Å². The molecular formula is C20H19FN4O3. The van der Waals surface area contributed by atoms with E-state index in [9.17, 15) is 4.39 Å². The highest BCUT2D eigenvalue weighted by atomic mass is 19.1. The largest absolute Gasteiger partial charge is 0.494 e. The molecule has 0 spiro atoms. The molecule has 2 aromatic carbocycles. The molecule has 0 bridgehead atoms. The topological polar surface area (TPSA) is 77.5 Å². The number of fused-ring (bicyclic) bond motifs is 1. The van der Waals surface area contributed by atoms with Crippen LogP contribution in [0.1, 0.15) is 6.92 Å². The minimum absolute atomic E-state index is 0.0687. The standard InChI is InChI=1S/C20H19FN4O3/c1-2-26-15-6-3-13(4-7-15)23-19-16(21)12-22-20(25-19)24-14-5-8-17-18(11-14)28-10-9-27-17/h3-8,11-12H,2,9-10H2,1H3,(H2,22,23,24,25). The molecule has 0 amide bonds. The molecule has 0 saturated heterocycles. The number of hydrogen-bond acceptors (Lipinski definition) is 7. The summed E-state index contributed by atoms with van der Waals surface area (Å²) in [5.41, 5.74) is 1.40. The molecule has 0 atom stereocenters. The van der Waals surface area contributed by atoms with Crippen molar-refractivity contribution in [1.29, 1.82) is 0 Å². The van der Waals surface area contributed by atoms with E-state index in [0.29, 0.717) is 42.7 Å². The van der Waals surface area contributed by atoms with Gasteiger partial charge in [0.05, 0.1) is 12.8 Å². The van der Waals surface area contributed by atoms with Gasteiger partial charge in [0.15, 0.2) is 23.1 Å². The summed E-state index contributed by atoms with van der Waals surface area (Å²) in [6, 6.07) is 12.6. The molecule has 0 saturated carbocycles. The number of aromatic nitrogens is 2. The Kier molecular flexibility index (Phi) is 5.09. The molecule has 1 aromatic heterocycles. The average Bonchev–Trinajstić information content (AvgIpc) is 2.72. The smallest absolute Gasteiger partial charge is 0.229 e. The number of halogens is 1. The van der Waals surface area contributed by atoms with Crippen LogP contribution in [0.3, 0.4) is 0 Å². The van der Waals surface area contributed by atoms with E-state index >= 15 is 0 Å². The first-order chi connectivity index (χ1) is 13.7. The lowest BCUT2D eigenvalue weighted by Gasteiger charge is -2.19. The Labute approximate surface area is 161 Å². The molecule has 0 aliphatic carbocycles. The Morgan fingerprint density at radius 2 is 1.75 bits per heavy atom. The molecular weight excluding hydrogens is 363 g/mol. The minimum Gasteiger partial charge on any atom is -0.494 e. The maximum Gasteiger partial charge on any atom is 0.229 e. The Morgan fingerprint density at radius 1 is 1.00 bits per heavy atom. The molecule has 0 fully saturated rings. The van der Waals surface area contributed by atoms with E-state index in [1.165, 1.54) is 0 Å². The van der Waals surface area contributed by atoms with Crippen LogP contribution in [0.5, 0.6) is 17.2 Å². The lowest BCUT2D eigenvalue weighted by atomic mass is 10.2. The van der Waals surface area contributed by atoms with Gasteiger partial charge in [-0.25, -0.2) is 9.37 Å². The molecule has 7 nitrogen and oxygen atoms in total. The first-order valence-corrected chi connectivity index (χ1v) is 8.90. The molecule has 2 heterocycles. The summed E-state index contributed by atoms with van der Waals surface area (Å²) < 4.78 is 30.6. The van der Waals surface area contributed by atoms with Crippen LogP contribution in [0.25, 0.3) is 0 Å². The Balaban J connectivity index is 1.50. The number of anilines is 4. The van der Waals surface area contributed by atoms with Crippen molar-refractivity contribution in [3.63, 3.8) is 0 Å². The van der Waals surface area contributed by atoms with Crippen LogP contribution >= 0.6 is 0 Å². The Bertz CT molecular complexity index is 966. The highest BCUT2D eigenvalue weighted by molar-refractivity contribution is 5.63. The third-order valence-corrected chi connectivity index (χ3v) is 3.97. The lowest BCUT2D eigenvalue weighted by molar-refractivity contribution is 0.171. The highest BCUT2D eigenvalue weighted by Gasteiger charge is 2.13. The predicted molar refractivity (Wildman–Crippen MR) is 104 cm³/mol. The monoisotopic (exact) mass is 382 g/mol. The first kappa shape index (κ1) is 17.8. The van der Waals surface area contributed by atoms with Crippen LogP contribution < -0.4 is 24.8 Å². The minimum atomic E-state index is -0.554. The van der Waals surface area contributed by atoms with Crippen molar-refractivity contribution in [3.05, 3.63) is 54.5 Å². The fourth-order valence-corrected chi connectivity index (χ4v) is 2.70. The van der Waals surface area contributed by atoms with E-state index in [0.717, 1.165) is 11.9 Å². The third-order valence-electron chi connectivity index (χ3n) is 3.97. The summed E-state index contributed by atoms with van der Waals surface area (Å²) in [7, 11) is 0. The van der Waals surface area contributed by atoms with E-state index in [2.05, 4.69) is 20.6 Å². The SMILES string of the molecule is CCOc1ccc(Nc2nc(Nc3ccc4c(c3)OCCO4)ncc2F)cc1. The quantitative estimate of drug-likeness (QED) is 0.659. The normalized spacial score (nSPS) is 12.4. The van der Waals surface area contributed by atoms with Crippen LogP contribution in [-0.4, -0.2) is 29.8 Å². The number of rotatable bonds is 6. The van der Waals surface area contributed by atoms with Crippen LogP contribution in [0, 0.1) is 5.82 Å². The molecule has 0 unspecified atom stereocenters. The van der Waals surface area contributed by atoms with Crippen molar-refractivity contribution in [2.24, 2.45) is 0 Å². The number of benzene rings is 2. The summed E-state index contributed by atoms with van der Waals surface area (Å²) in [6.07, 6.45) is 1.12. The molecule has 8 heteroatoms. The van der Waals surface area contributed by atoms with E-state index in [1.807, 2.05) is 13.0 Å². The number of nitrogens with zero attached hydrogens (tertiary/aromatic N) is 2. The highest BCUT2D eigenvalue weighted by Crippen LogP contribution is 2.33. The Morgan fingerprint density at radius 3 is 2.54 bits per heavy atom. The third kappa shape index (κ3) is 4.06. The van der Waals surface area contributed by atoms with Gasteiger partial charge in [0, 0.05) is 17.4 Å². The second-order valence-electron chi connectivity index (χ2n) is 5.96. The number of hydrogen-bond donors (Lipinski definition) is 2. The van der Waals surface area contributed by atoms with Gasteiger partial charge in [-0.3, -0.25) is 0 Å². The fourth-order valence-electron chi connectivity index (χ4n) is 2.70. The van der Waals surface area contributed by atoms with Crippen LogP contribution in [0.2, 0.25) is 0 Å². The Hall–Kier alpha value is -3.55. The summed E-state index contributed by atoms with van der Waals surface area (Å²) in [5, 5.41) is 6.00. The van der Waals surface area contributed by atoms with Crippen LogP contribution in [-0.2, 0) is 0 Å². The van der Waals surface area contributed by atoms with Crippen LogP contribution in [0.15, 0.2) is 48.7 Å². The zero-order valence-corrected chi connectivity index (χ0v) is 15.2. The van der Waals surface area contributed by atoms with Gasteiger partial charge in [-0.2, -0.15) is 4.98 Å². The zero-order chi connectivity index (χ0) is 19.3. The molecule has 28 heavy (non-hydrogen) atoms. The molecule has 1 aliphatic heterocycles. The van der Waals surface area contributed by atoms with Gasteiger partial charge in [-0.15, -0.1) is 0 Å². The molecule has 2 N–H and O–H groups in total. The van der Waals surface area contributed by atoms with Crippen molar-refractivity contribution >= 4 is 23.1 Å². The first-order valence-electron chi connectivity index (χ1n) is 8.90. The summed E-state index contributed by atoms with van der Waals surface area (Å²) in [5.74, 6) is 1.85. The summed E-state index contributed by atoms with van der Waals surface area (Å²) >= 11 is 0. The molecule has 144 valence electrons. The van der Waals surface area contributed by atoms with Gasteiger partial charge in [-0.1, -0.05) is 0 Å². The van der Waals surface area contributed by atoms with Crippen molar-refractivity contribution in [2.45, 2.75) is 6.92 Å². The van der Waals surface area contributed by atoms with Gasteiger partial charge in [0.2, 0.25) is 5.95 Å². The average molecular weight is 382 g/mol. The van der Waals surface area contributed by atoms with Gasteiger partial charge in [0.1, 0.15) is 19.0 Å². The van der Waals surface area contributed by atoms with Crippen molar-refractivity contribution in [1.82, 2.24) is 9.97 Å². The molecule has 3 aromatic rings. The van der Waals surface area contributed by atoms with E-state index in [-0.39, 0.29) is 11.8 Å². The fraction of sp³-hybridized carbons (Fsp3) is 0.200. The second kappa shape index (κ2) is 7.99. The second-order valence-corrected chi connectivity index (χ2v) is 5.96. The van der Waals surface area contributed by atoms with Gasteiger partial charge in [0.25, 0.3) is 0 Å². The zero-order valence-electron chi connectivity index (χ0n) is 15.2. The van der Waals surface area contributed by atoms with Crippen molar-refractivity contribution < 1.29 is 18.6 Å². The lowest BCUT2D eigenvalue weighted by Crippen LogP contribution is -2.15. The molecule has 1 aliphatic rings. The van der Waals surface area contributed by atoms with E-state index < -0.39 is 5.82 Å². The van der Waals surface area contributed by atoms with Crippen LogP contribution in [0.4, 0.5) is 27.5 Å².